The molecular weight excluding hydrogens is 518 g/mol. The maximum absolute atomic E-state index is 13.7. The van der Waals surface area contributed by atoms with Crippen LogP contribution < -0.4 is 5.32 Å². The molecule has 1 amide bonds. The second-order valence-electron chi connectivity index (χ2n) is 11.1. The van der Waals surface area contributed by atoms with Crippen molar-refractivity contribution in [2.45, 2.75) is 80.1 Å². The van der Waals surface area contributed by atoms with E-state index >= 15 is 0 Å². The Morgan fingerprint density at radius 1 is 1.19 bits per heavy atom. The normalized spacial score (nSPS) is 30.3. The van der Waals surface area contributed by atoms with Gasteiger partial charge in [0, 0.05) is 6.54 Å². The largest absolute Gasteiger partial charge is 0.511 e. The molecule has 1 aromatic rings. The van der Waals surface area contributed by atoms with Crippen LogP contribution in [0, 0.1) is 11.8 Å². The van der Waals surface area contributed by atoms with E-state index in [2.05, 4.69) is 23.6 Å². The van der Waals surface area contributed by atoms with Gasteiger partial charge in [-0.15, -0.1) is 4.40 Å². The minimum Gasteiger partial charge on any atom is -0.511 e. The standard InChI is InChI=1S/C25H31N3O7S2/c1-13(2)9-10-28-22-18-8-7-17(35-18)20(22)23(29)21(25(28)30)24-26-16-6-3-14(11-19(16)37(33,34)27-24)12-36(31,32)15-4-5-15/h3,6,11,13,15,17-18,20,22,29H,4-5,7-10,12H2,1-2H3,(H,26,27). The van der Waals surface area contributed by atoms with Gasteiger partial charge < -0.3 is 20.1 Å². The number of hydrogen-bond donors (Lipinski definition) is 2. The van der Waals surface area contributed by atoms with Gasteiger partial charge in [-0.1, -0.05) is 19.9 Å². The molecule has 10 nitrogen and oxygen atoms in total. The molecule has 0 spiro atoms. The number of anilines is 1. The number of nitrogens with zero attached hydrogens (tertiary/aromatic N) is 2. The fraction of sp³-hybridized carbons (Fsp3) is 0.600. The number of nitrogens with one attached hydrogen (secondary N) is 1. The Morgan fingerprint density at radius 2 is 1.92 bits per heavy atom. The number of ether oxygens (including phenoxy) is 1. The van der Waals surface area contributed by atoms with Gasteiger partial charge in [-0.05, 0) is 55.7 Å². The highest BCUT2D eigenvalue weighted by atomic mass is 32.2. The second-order valence-corrected chi connectivity index (χ2v) is 15.0. The molecule has 2 N–H and O–H groups in total. The van der Waals surface area contributed by atoms with Crippen molar-refractivity contribution in [3.05, 3.63) is 35.1 Å². The van der Waals surface area contributed by atoms with E-state index in [1.165, 1.54) is 12.1 Å². The summed E-state index contributed by atoms with van der Waals surface area (Å²) in [5.74, 6) is -1.18. The number of hydrogen-bond acceptors (Lipinski definition) is 8. The molecule has 4 aliphatic heterocycles. The van der Waals surface area contributed by atoms with E-state index in [0.29, 0.717) is 30.9 Å². The third-order valence-corrected chi connectivity index (χ3v) is 11.6. The number of amidine groups is 1. The van der Waals surface area contributed by atoms with Gasteiger partial charge in [0.25, 0.3) is 15.9 Å². The number of aliphatic hydroxyl groups is 1. The van der Waals surface area contributed by atoms with Crippen LogP contribution in [0.2, 0.25) is 0 Å². The highest BCUT2D eigenvalue weighted by molar-refractivity contribution is 7.91. The Bertz CT molecular complexity index is 1440. The maximum Gasteiger partial charge on any atom is 0.286 e. The summed E-state index contributed by atoms with van der Waals surface area (Å²) >= 11 is 0. The van der Waals surface area contributed by atoms with E-state index in [9.17, 15) is 26.7 Å². The molecule has 4 unspecified atom stereocenters. The lowest BCUT2D eigenvalue weighted by Crippen LogP contribution is -2.56. The molecule has 5 aliphatic rings. The summed E-state index contributed by atoms with van der Waals surface area (Å²) in [6.07, 6.45) is 3.23. The maximum atomic E-state index is 13.7. The van der Waals surface area contributed by atoms with Crippen LogP contribution in [-0.2, 0) is 35.1 Å². The Morgan fingerprint density at radius 3 is 2.62 bits per heavy atom. The average Bonchev–Trinajstić information content (AvgIpc) is 3.49. The van der Waals surface area contributed by atoms with E-state index in [-0.39, 0.29) is 57.0 Å². The molecule has 12 heteroatoms. The summed E-state index contributed by atoms with van der Waals surface area (Å²) in [6, 6.07) is 4.10. The first-order valence-electron chi connectivity index (χ1n) is 12.8. The number of carbonyl (C=O) groups excluding carboxylic acids is 1. The summed E-state index contributed by atoms with van der Waals surface area (Å²) in [6.45, 7) is 4.60. The molecule has 200 valence electrons. The zero-order valence-corrected chi connectivity index (χ0v) is 22.4. The molecule has 6 rings (SSSR count). The van der Waals surface area contributed by atoms with Crippen LogP contribution in [0.3, 0.4) is 0 Å². The van der Waals surface area contributed by atoms with E-state index in [1.807, 2.05) is 0 Å². The van der Waals surface area contributed by atoms with Crippen LogP contribution in [0.25, 0.3) is 0 Å². The average molecular weight is 550 g/mol. The van der Waals surface area contributed by atoms with Gasteiger partial charge in [-0.25, -0.2) is 8.42 Å². The monoisotopic (exact) mass is 549 g/mol. The van der Waals surface area contributed by atoms with Crippen molar-refractivity contribution in [2.75, 3.05) is 11.9 Å². The molecule has 3 fully saturated rings. The molecular formula is C25H31N3O7S2. The summed E-state index contributed by atoms with van der Waals surface area (Å²) in [4.78, 5) is 15.3. The summed E-state index contributed by atoms with van der Waals surface area (Å²) in [5, 5.41) is 13.9. The quantitative estimate of drug-likeness (QED) is 0.528. The van der Waals surface area contributed by atoms with Gasteiger partial charge in [0.1, 0.15) is 16.2 Å². The van der Waals surface area contributed by atoms with E-state index < -0.39 is 31.7 Å². The molecule has 0 radical (unpaired) electrons. The molecule has 2 saturated heterocycles. The van der Waals surface area contributed by atoms with Crippen LogP contribution in [0.1, 0.15) is 51.5 Å². The minimum atomic E-state index is -4.26. The molecule has 1 aromatic carbocycles. The second kappa shape index (κ2) is 8.54. The fourth-order valence-electron chi connectivity index (χ4n) is 5.99. The summed E-state index contributed by atoms with van der Waals surface area (Å²) in [7, 11) is -7.59. The third kappa shape index (κ3) is 4.17. The summed E-state index contributed by atoms with van der Waals surface area (Å²) < 4.78 is 61.2. The predicted octanol–water partition coefficient (Wildman–Crippen LogP) is 2.52. The van der Waals surface area contributed by atoms with Gasteiger partial charge in [-0.3, -0.25) is 4.79 Å². The number of benzene rings is 1. The van der Waals surface area contributed by atoms with Crippen molar-refractivity contribution in [1.82, 2.24) is 4.90 Å². The van der Waals surface area contributed by atoms with Gasteiger partial charge >= 0.3 is 0 Å². The van der Waals surface area contributed by atoms with E-state index in [0.717, 1.165) is 19.3 Å². The molecule has 2 bridgehead atoms. The van der Waals surface area contributed by atoms with Gasteiger partial charge in [-0.2, -0.15) is 8.42 Å². The smallest absolute Gasteiger partial charge is 0.286 e. The first-order valence-corrected chi connectivity index (χ1v) is 16.0. The molecule has 0 aromatic heterocycles. The van der Waals surface area contributed by atoms with Crippen molar-refractivity contribution >= 4 is 37.3 Å². The van der Waals surface area contributed by atoms with Crippen molar-refractivity contribution in [3.8, 4) is 0 Å². The number of fused-ring (bicyclic) bond motifs is 6. The number of aliphatic hydroxyl groups excluding tert-OH is 1. The highest BCUT2D eigenvalue weighted by Crippen LogP contribution is 2.48. The third-order valence-electron chi connectivity index (χ3n) is 8.01. The Balaban J connectivity index is 1.36. The van der Waals surface area contributed by atoms with Gasteiger partial charge in [0.2, 0.25) is 0 Å². The Kier molecular flexibility index (Phi) is 5.74. The highest BCUT2D eigenvalue weighted by Gasteiger charge is 2.58. The number of amides is 1. The molecule has 4 atom stereocenters. The molecule has 1 aliphatic carbocycles. The van der Waals surface area contributed by atoms with Crippen LogP contribution in [0.4, 0.5) is 5.69 Å². The first-order chi connectivity index (χ1) is 17.5. The van der Waals surface area contributed by atoms with Crippen LogP contribution in [-0.4, -0.2) is 68.6 Å². The van der Waals surface area contributed by atoms with Crippen molar-refractivity contribution in [2.24, 2.45) is 16.2 Å². The fourth-order valence-corrected chi connectivity index (χ4v) is 8.90. The Labute approximate surface area is 216 Å². The number of carbonyl (C=O) groups is 1. The summed E-state index contributed by atoms with van der Waals surface area (Å²) in [5.41, 5.74) is 0.411. The lowest BCUT2D eigenvalue weighted by atomic mass is 9.77. The zero-order valence-electron chi connectivity index (χ0n) is 20.8. The van der Waals surface area contributed by atoms with Crippen molar-refractivity contribution in [3.63, 3.8) is 0 Å². The predicted molar refractivity (Wildman–Crippen MR) is 136 cm³/mol. The lowest BCUT2D eigenvalue weighted by molar-refractivity contribution is -0.132. The van der Waals surface area contributed by atoms with Crippen molar-refractivity contribution < 1.29 is 31.5 Å². The van der Waals surface area contributed by atoms with Gasteiger partial charge in [0.05, 0.1) is 40.9 Å². The van der Waals surface area contributed by atoms with Crippen molar-refractivity contribution in [1.29, 1.82) is 0 Å². The topological polar surface area (TPSA) is 142 Å². The van der Waals surface area contributed by atoms with Crippen LogP contribution >= 0.6 is 0 Å². The molecule has 4 heterocycles. The van der Waals surface area contributed by atoms with E-state index in [4.69, 9.17) is 4.74 Å². The number of sulfone groups is 1. The van der Waals surface area contributed by atoms with Crippen LogP contribution in [0.15, 0.2) is 38.8 Å². The molecule has 37 heavy (non-hydrogen) atoms. The Hall–Kier alpha value is -2.44. The lowest BCUT2D eigenvalue weighted by Gasteiger charge is -2.42. The molecule has 1 saturated carbocycles. The first kappa shape index (κ1) is 24.9. The zero-order chi connectivity index (χ0) is 26.3. The van der Waals surface area contributed by atoms with E-state index in [1.54, 1.807) is 11.0 Å². The SMILES string of the molecule is CC(C)CCN1C(=O)C(C2=NS(=O)(=O)c3cc(CS(=O)(=O)C4CC4)ccc3N2)=C(O)C2C3CCC(O3)C21. The number of sulfonamides is 1. The number of rotatable bonds is 7. The van der Waals surface area contributed by atoms with Crippen LogP contribution in [0.5, 0.6) is 0 Å². The van der Waals surface area contributed by atoms with Gasteiger partial charge in [0.15, 0.2) is 15.7 Å². The minimum absolute atomic E-state index is 0.143.